The molecule has 0 aliphatic rings. The lowest BCUT2D eigenvalue weighted by atomic mass is 10.1. The molecule has 0 bridgehead atoms. The van der Waals surface area contributed by atoms with E-state index in [-0.39, 0.29) is 21.6 Å². The smallest absolute Gasteiger partial charge is 0.254 e. The predicted octanol–water partition coefficient (Wildman–Crippen LogP) is 3.63. The number of rotatable bonds is 4. The zero-order chi connectivity index (χ0) is 15.4. The van der Waals surface area contributed by atoms with E-state index in [2.05, 4.69) is 4.98 Å². The number of carbonyl (C=O) groups excluding carboxylic acids is 1. The summed E-state index contributed by atoms with van der Waals surface area (Å²) in [5.41, 5.74) is 7.40. The van der Waals surface area contributed by atoms with Gasteiger partial charge in [-0.25, -0.2) is 0 Å². The number of hydrogen-bond donors (Lipinski definition) is 1. The van der Waals surface area contributed by atoms with E-state index in [1.54, 1.807) is 29.4 Å². The van der Waals surface area contributed by atoms with Gasteiger partial charge in [-0.15, -0.1) is 0 Å². The Hall–Kier alpha value is -1.78. The number of amides is 1. The van der Waals surface area contributed by atoms with E-state index in [9.17, 15) is 4.79 Å². The highest BCUT2D eigenvalue weighted by molar-refractivity contribution is 6.39. The molecule has 0 aliphatic heterocycles. The number of nitrogens with two attached hydrogens (primary N) is 1. The Bertz CT molecular complexity index is 624. The normalized spacial score (nSPS) is 10.4. The summed E-state index contributed by atoms with van der Waals surface area (Å²) in [4.78, 5) is 18.2. The van der Waals surface area contributed by atoms with Gasteiger partial charge >= 0.3 is 0 Å². The first kappa shape index (κ1) is 15.6. The topological polar surface area (TPSA) is 59.2 Å². The van der Waals surface area contributed by atoms with Gasteiger partial charge in [0.05, 0.1) is 15.7 Å². The third kappa shape index (κ3) is 3.65. The number of benzene rings is 1. The third-order valence-electron chi connectivity index (χ3n) is 3.12. The van der Waals surface area contributed by atoms with Crippen LogP contribution in [0.3, 0.4) is 0 Å². The molecule has 1 amide bonds. The minimum atomic E-state index is -0.141. The average Bonchev–Trinajstić information content (AvgIpc) is 2.50. The molecule has 0 radical (unpaired) electrons. The molecule has 1 aromatic carbocycles. The molecule has 0 fully saturated rings. The Morgan fingerprint density at radius 2 is 1.81 bits per heavy atom. The molecule has 0 unspecified atom stereocenters. The Kier molecular flexibility index (Phi) is 5.04. The Labute approximate surface area is 133 Å². The maximum Gasteiger partial charge on any atom is 0.254 e. The van der Waals surface area contributed by atoms with Gasteiger partial charge in [-0.1, -0.05) is 23.2 Å². The SMILES string of the molecule is CCN(Cc1ccncc1)C(=O)c1cc(Cl)c(N)c(Cl)c1. The Balaban J connectivity index is 2.24. The standard InChI is InChI=1S/C15H15Cl2N3O/c1-2-20(9-10-3-5-19-6-4-10)15(21)11-7-12(16)14(18)13(17)8-11/h3-8H,2,9,18H2,1H3. The third-order valence-corrected chi connectivity index (χ3v) is 3.74. The molecule has 2 aromatic rings. The molecule has 1 aromatic heterocycles. The first-order chi connectivity index (χ1) is 10.0. The van der Waals surface area contributed by atoms with E-state index in [0.717, 1.165) is 5.56 Å². The summed E-state index contributed by atoms with van der Waals surface area (Å²) in [5.74, 6) is -0.141. The highest BCUT2D eigenvalue weighted by atomic mass is 35.5. The Morgan fingerprint density at radius 3 is 2.33 bits per heavy atom. The zero-order valence-corrected chi connectivity index (χ0v) is 13.0. The number of anilines is 1. The molecular formula is C15H15Cl2N3O. The maximum absolute atomic E-state index is 12.5. The number of nitrogen functional groups attached to an aromatic ring is 1. The number of nitrogens with zero attached hydrogens (tertiary/aromatic N) is 2. The van der Waals surface area contributed by atoms with Gasteiger partial charge in [0.1, 0.15) is 0 Å². The van der Waals surface area contributed by atoms with Gasteiger partial charge in [0.2, 0.25) is 0 Å². The fourth-order valence-corrected chi connectivity index (χ4v) is 2.41. The van der Waals surface area contributed by atoms with Crippen molar-refractivity contribution in [2.75, 3.05) is 12.3 Å². The average molecular weight is 324 g/mol. The molecule has 2 N–H and O–H groups in total. The lowest BCUT2D eigenvalue weighted by Crippen LogP contribution is -2.30. The second-order valence-electron chi connectivity index (χ2n) is 4.53. The van der Waals surface area contributed by atoms with Gasteiger partial charge in [-0.3, -0.25) is 9.78 Å². The summed E-state index contributed by atoms with van der Waals surface area (Å²) in [6, 6.07) is 6.83. The van der Waals surface area contributed by atoms with Crippen LogP contribution in [0, 0.1) is 0 Å². The lowest BCUT2D eigenvalue weighted by Gasteiger charge is -2.21. The molecule has 2 rings (SSSR count). The van der Waals surface area contributed by atoms with Crippen LogP contribution < -0.4 is 5.73 Å². The van der Waals surface area contributed by atoms with Crippen molar-refractivity contribution in [2.24, 2.45) is 0 Å². The quantitative estimate of drug-likeness (QED) is 0.874. The van der Waals surface area contributed by atoms with Gasteiger partial charge in [0, 0.05) is 31.0 Å². The molecule has 0 spiro atoms. The van der Waals surface area contributed by atoms with Gasteiger partial charge in [0.25, 0.3) is 5.91 Å². The molecule has 1 heterocycles. The summed E-state index contributed by atoms with van der Waals surface area (Å²) in [6.07, 6.45) is 3.40. The van der Waals surface area contributed by atoms with Gasteiger partial charge in [-0.2, -0.15) is 0 Å². The minimum Gasteiger partial charge on any atom is -0.396 e. The van der Waals surface area contributed by atoms with Crippen molar-refractivity contribution in [3.05, 3.63) is 57.8 Å². The number of pyridine rings is 1. The highest BCUT2D eigenvalue weighted by Crippen LogP contribution is 2.29. The van der Waals surface area contributed by atoms with Crippen molar-refractivity contribution < 1.29 is 4.79 Å². The highest BCUT2D eigenvalue weighted by Gasteiger charge is 2.17. The number of carbonyl (C=O) groups is 1. The van der Waals surface area contributed by atoms with Crippen LogP contribution in [0.25, 0.3) is 0 Å². The van der Waals surface area contributed by atoms with Gasteiger partial charge in [-0.05, 0) is 36.8 Å². The van der Waals surface area contributed by atoms with Crippen molar-refractivity contribution in [1.29, 1.82) is 0 Å². The molecule has 0 saturated heterocycles. The zero-order valence-electron chi connectivity index (χ0n) is 11.5. The van der Waals surface area contributed by atoms with Crippen molar-refractivity contribution in [3.63, 3.8) is 0 Å². The summed E-state index contributed by atoms with van der Waals surface area (Å²) >= 11 is 12.0. The van der Waals surface area contributed by atoms with E-state index >= 15 is 0 Å². The van der Waals surface area contributed by atoms with Gasteiger partial charge in [0.15, 0.2) is 0 Å². The molecule has 21 heavy (non-hydrogen) atoms. The van der Waals surface area contributed by atoms with Crippen LogP contribution in [0.4, 0.5) is 5.69 Å². The fourth-order valence-electron chi connectivity index (χ4n) is 1.93. The molecular weight excluding hydrogens is 309 g/mol. The largest absolute Gasteiger partial charge is 0.396 e. The summed E-state index contributed by atoms with van der Waals surface area (Å²) in [6.45, 7) is 2.98. The predicted molar refractivity (Wildman–Crippen MR) is 85.5 cm³/mol. The number of hydrogen-bond acceptors (Lipinski definition) is 3. The molecule has 0 aliphatic carbocycles. The van der Waals surface area contributed by atoms with E-state index in [0.29, 0.717) is 18.7 Å². The molecule has 110 valence electrons. The van der Waals surface area contributed by atoms with Gasteiger partial charge < -0.3 is 10.6 Å². The summed E-state index contributed by atoms with van der Waals surface area (Å²) in [7, 11) is 0. The van der Waals surface area contributed by atoms with Crippen molar-refractivity contribution in [3.8, 4) is 0 Å². The summed E-state index contributed by atoms with van der Waals surface area (Å²) in [5, 5.41) is 0.566. The van der Waals surface area contributed by atoms with Crippen molar-refractivity contribution in [2.45, 2.75) is 13.5 Å². The van der Waals surface area contributed by atoms with Crippen LogP contribution >= 0.6 is 23.2 Å². The monoisotopic (exact) mass is 323 g/mol. The second-order valence-corrected chi connectivity index (χ2v) is 5.34. The van der Waals surface area contributed by atoms with E-state index in [1.165, 1.54) is 0 Å². The van der Waals surface area contributed by atoms with E-state index < -0.39 is 0 Å². The molecule has 0 atom stereocenters. The van der Waals surface area contributed by atoms with Crippen LogP contribution in [0.15, 0.2) is 36.7 Å². The first-order valence-electron chi connectivity index (χ1n) is 6.45. The molecule has 0 saturated carbocycles. The molecule has 4 nitrogen and oxygen atoms in total. The summed E-state index contributed by atoms with van der Waals surface area (Å²) < 4.78 is 0. The van der Waals surface area contributed by atoms with Crippen LogP contribution in [0.2, 0.25) is 10.0 Å². The van der Waals surface area contributed by atoms with E-state index in [4.69, 9.17) is 28.9 Å². The maximum atomic E-state index is 12.5. The first-order valence-corrected chi connectivity index (χ1v) is 7.21. The van der Waals surface area contributed by atoms with Crippen LogP contribution in [-0.2, 0) is 6.54 Å². The molecule has 6 heteroatoms. The van der Waals surface area contributed by atoms with Crippen LogP contribution in [-0.4, -0.2) is 22.3 Å². The Morgan fingerprint density at radius 1 is 1.24 bits per heavy atom. The van der Waals surface area contributed by atoms with Crippen LogP contribution in [0.1, 0.15) is 22.8 Å². The van der Waals surface area contributed by atoms with E-state index in [1.807, 2.05) is 19.1 Å². The van der Waals surface area contributed by atoms with Crippen LogP contribution in [0.5, 0.6) is 0 Å². The minimum absolute atomic E-state index is 0.141. The lowest BCUT2D eigenvalue weighted by molar-refractivity contribution is 0.0752. The number of halogens is 2. The van der Waals surface area contributed by atoms with Crippen molar-refractivity contribution in [1.82, 2.24) is 9.88 Å². The van der Waals surface area contributed by atoms with Crippen molar-refractivity contribution >= 4 is 34.8 Å². The number of aromatic nitrogens is 1. The fraction of sp³-hybridized carbons (Fsp3) is 0.200. The second kappa shape index (κ2) is 6.78.